The maximum atomic E-state index is 11.8. The van der Waals surface area contributed by atoms with Gasteiger partial charge in [-0.1, -0.05) is 6.08 Å². The zero-order valence-corrected chi connectivity index (χ0v) is 11.7. The Labute approximate surface area is 110 Å². The molecule has 1 saturated heterocycles. The Morgan fingerprint density at radius 3 is 2.72 bits per heavy atom. The number of rotatable bonds is 7. The first-order valence-corrected chi connectivity index (χ1v) is 6.98. The second-order valence-electron chi connectivity index (χ2n) is 4.91. The molecule has 1 N–H and O–H groups in total. The molecule has 4 nitrogen and oxygen atoms in total. The van der Waals surface area contributed by atoms with Gasteiger partial charge in [0.25, 0.3) is 0 Å². The Morgan fingerprint density at radius 1 is 1.33 bits per heavy atom. The van der Waals surface area contributed by atoms with Crippen molar-refractivity contribution in [3.8, 4) is 0 Å². The summed E-state index contributed by atoms with van der Waals surface area (Å²) in [6, 6.07) is 0. The van der Waals surface area contributed by atoms with E-state index in [1.54, 1.807) is 6.08 Å². The molecule has 0 unspecified atom stereocenters. The van der Waals surface area contributed by atoms with Crippen molar-refractivity contribution in [2.75, 3.05) is 32.8 Å². The molecule has 1 aliphatic rings. The van der Waals surface area contributed by atoms with Crippen LogP contribution in [-0.2, 0) is 9.53 Å². The molecule has 1 fully saturated rings. The highest BCUT2D eigenvalue weighted by Crippen LogP contribution is 2.08. The lowest BCUT2D eigenvalue weighted by Crippen LogP contribution is -2.34. The van der Waals surface area contributed by atoms with Crippen LogP contribution in [0.4, 0.5) is 0 Å². The third kappa shape index (κ3) is 6.77. The second-order valence-corrected chi connectivity index (χ2v) is 4.91. The zero-order valence-electron chi connectivity index (χ0n) is 11.7. The number of piperidine rings is 1. The Balaban J connectivity index is 2.03. The van der Waals surface area contributed by atoms with Crippen LogP contribution >= 0.6 is 0 Å². The summed E-state index contributed by atoms with van der Waals surface area (Å²) in [4.78, 5) is 13.7. The molecule has 1 heterocycles. The van der Waals surface area contributed by atoms with Crippen molar-refractivity contribution in [3.63, 3.8) is 0 Å². The molecule has 1 amide bonds. The Kier molecular flexibility index (Phi) is 7.69. The molecule has 0 bridgehead atoms. The fourth-order valence-electron chi connectivity index (χ4n) is 1.93. The average Bonchev–Trinajstić information content (AvgIpc) is 2.38. The van der Waals surface area contributed by atoms with Gasteiger partial charge in [0.15, 0.2) is 0 Å². The van der Waals surface area contributed by atoms with Crippen molar-refractivity contribution in [1.82, 2.24) is 10.2 Å². The van der Waals surface area contributed by atoms with Crippen LogP contribution in [0.25, 0.3) is 0 Å². The Bertz CT molecular complexity index is 259. The summed E-state index contributed by atoms with van der Waals surface area (Å²) in [5, 5.41) is 3.22. The number of nitrogens with one attached hydrogen (secondary N) is 1. The summed E-state index contributed by atoms with van der Waals surface area (Å²) < 4.78 is 5.40. The van der Waals surface area contributed by atoms with Crippen LogP contribution in [0, 0.1) is 0 Å². The van der Waals surface area contributed by atoms with E-state index in [2.05, 4.69) is 5.32 Å². The minimum absolute atomic E-state index is 0.148. The van der Waals surface area contributed by atoms with E-state index in [4.69, 9.17) is 4.74 Å². The molecule has 0 aliphatic carbocycles. The maximum Gasteiger partial charge on any atom is 0.246 e. The Hall–Kier alpha value is -0.870. The van der Waals surface area contributed by atoms with E-state index >= 15 is 0 Å². The van der Waals surface area contributed by atoms with Gasteiger partial charge in [0.05, 0.1) is 12.7 Å². The Morgan fingerprint density at radius 2 is 2.06 bits per heavy atom. The van der Waals surface area contributed by atoms with Crippen LogP contribution < -0.4 is 5.32 Å². The summed E-state index contributed by atoms with van der Waals surface area (Å²) in [7, 11) is 0. The molecule has 0 spiro atoms. The number of likely N-dealkylation sites (tertiary alicyclic amines) is 1. The summed E-state index contributed by atoms with van der Waals surface area (Å²) in [5.41, 5.74) is 0. The molecule has 0 radical (unpaired) electrons. The molecule has 0 atom stereocenters. The molecular weight excluding hydrogens is 228 g/mol. The normalized spacial score (nSPS) is 16.7. The first-order chi connectivity index (χ1) is 8.70. The summed E-state index contributed by atoms with van der Waals surface area (Å²) in [6.07, 6.45) is 7.40. The van der Waals surface area contributed by atoms with E-state index in [0.717, 1.165) is 39.0 Å². The third-order valence-corrected chi connectivity index (χ3v) is 2.92. The highest BCUT2D eigenvalue weighted by molar-refractivity contribution is 5.87. The lowest BCUT2D eigenvalue weighted by atomic mass is 10.1. The van der Waals surface area contributed by atoms with Gasteiger partial charge in [0.1, 0.15) is 0 Å². The minimum Gasteiger partial charge on any atom is -0.377 e. The first-order valence-electron chi connectivity index (χ1n) is 6.98. The third-order valence-electron chi connectivity index (χ3n) is 2.92. The molecule has 0 saturated carbocycles. The largest absolute Gasteiger partial charge is 0.377 e. The van der Waals surface area contributed by atoms with Crippen LogP contribution in [-0.4, -0.2) is 49.7 Å². The maximum absolute atomic E-state index is 11.8. The van der Waals surface area contributed by atoms with E-state index in [-0.39, 0.29) is 12.0 Å². The van der Waals surface area contributed by atoms with Gasteiger partial charge in [-0.3, -0.25) is 4.79 Å². The molecule has 1 rings (SSSR count). The van der Waals surface area contributed by atoms with Gasteiger partial charge in [-0.05, 0) is 33.1 Å². The fraction of sp³-hybridized carbons (Fsp3) is 0.786. The number of nitrogens with zero attached hydrogens (tertiary/aromatic N) is 1. The zero-order chi connectivity index (χ0) is 13.2. The molecule has 0 aromatic carbocycles. The van der Waals surface area contributed by atoms with Crippen LogP contribution in [0.2, 0.25) is 0 Å². The van der Waals surface area contributed by atoms with Gasteiger partial charge in [0, 0.05) is 32.3 Å². The van der Waals surface area contributed by atoms with Crippen molar-refractivity contribution in [2.24, 2.45) is 0 Å². The van der Waals surface area contributed by atoms with Crippen molar-refractivity contribution >= 4 is 5.91 Å². The van der Waals surface area contributed by atoms with E-state index < -0.39 is 0 Å². The highest BCUT2D eigenvalue weighted by atomic mass is 16.5. The lowest BCUT2D eigenvalue weighted by molar-refractivity contribution is -0.126. The van der Waals surface area contributed by atoms with Gasteiger partial charge in [-0.15, -0.1) is 0 Å². The summed E-state index contributed by atoms with van der Waals surface area (Å²) in [6.45, 7) is 8.14. The molecule has 4 heteroatoms. The van der Waals surface area contributed by atoms with Gasteiger partial charge < -0.3 is 15.0 Å². The van der Waals surface area contributed by atoms with Crippen LogP contribution in [0.3, 0.4) is 0 Å². The van der Waals surface area contributed by atoms with Crippen molar-refractivity contribution in [2.45, 2.75) is 39.2 Å². The number of hydrogen-bond donors (Lipinski definition) is 1. The van der Waals surface area contributed by atoms with Gasteiger partial charge in [0.2, 0.25) is 5.91 Å². The predicted molar refractivity (Wildman–Crippen MR) is 73.5 cm³/mol. The van der Waals surface area contributed by atoms with Gasteiger partial charge in [-0.2, -0.15) is 0 Å². The topological polar surface area (TPSA) is 41.6 Å². The summed E-state index contributed by atoms with van der Waals surface area (Å²) >= 11 is 0. The van der Waals surface area contributed by atoms with E-state index in [9.17, 15) is 4.79 Å². The van der Waals surface area contributed by atoms with Gasteiger partial charge >= 0.3 is 0 Å². The standard InChI is InChI=1S/C14H26N2O2/c1-13(2)18-12-9-15-8-6-7-14(17)16-10-4-3-5-11-16/h6-7,13,15H,3-5,8-12H2,1-2H3/b7-6+. The predicted octanol–water partition coefficient (Wildman–Crippen LogP) is 1.57. The number of carbonyl (C=O) groups excluding carboxylic acids is 1. The minimum atomic E-state index is 0.148. The molecule has 0 aromatic rings. The number of carbonyl (C=O) groups is 1. The molecular formula is C14H26N2O2. The number of hydrogen-bond acceptors (Lipinski definition) is 3. The fourth-order valence-corrected chi connectivity index (χ4v) is 1.93. The van der Waals surface area contributed by atoms with Crippen LogP contribution in [0.5, 0.6) is 0 Å². The smallest absolute Gasteiger partial charge is 0.246 e. The van der Waals surface area contributed by atoms with E-state index in [0.29, 0.717) is 6.61 Å². The van der Waals surface area contributed by atoms with Crippen LogP contribution in [0.1, 0.15) is 33.1 Å². The monoisotopic (exact) mass is 254 g/mol. The highest BCUT2D eigenvalue weighted by Gasteiger charge is 2.13. The van der Waals surface area contributed by atoms with E-state index in [1.165, 1.54) is 6.42 Å². The molecule has 0 aromatic heterocycles. The average molecular weight is 254 g/mol. The second kappa shape index (κ2) is 9.11. The van der Waals surface area contributed by atoms with Gasteiger partial charge in [-0.25, -0.2) is 0 Å². The molecule has 104 valence electrons. The number of ether oxygens (including phenoxy) is 1. The van der Waals surface area contributed by atoms with Crippen molar-refractivity contribution in [1.29, 1.82) is 0 Å². The van der Waals surface area contributed by atoms with Crippen molar-refractivity contribution in [3.05, 3.63) is 12.2 Å². The SMILES string of the molecule is CC(C)OCCNC/C=C/C(=O)N1CCCCC1. The molecule has 18 heavy (non-hydrogen) atoms. The molecule has 1 aliphatic heterocycles. The summed E-state index contributed by atoms with van der Waals surface area (Å²) in [5.74, 6) is 0.148. The quantitative estimate of drug-likeness (QED) is 0.554. The first kappa shape index (κ1) is 15.2. The number of amides is 1. The van der Waals surface area contributed by atoms with Crippen molar-refractivity contribution < 1.29 is 9.53 Å². The van der Waals surface area contributed by atoms with E-state index in [1.807, 2.05) is 24.8 Å². The van der Waals surface area contributed by atoms with Crippen LogP contribution in [0.15, 0.2) is 12.2 Å². The lowest BCUT2D eigenvalue weighted by Gasteiger charge is -2.25.